The molecule has 2 heteroatoms. The van der Waals surface area contributed by atoms with Crippen LogP contribution >= 0.6 is 0 Å². The third-order valence-electron chi connectivity index (χ3n) is 4.14. The summed E-state index contributed by atoms with van der Waals surface area (Å²) in [6, 6.07) is 6.94. The minimum Gasteiger partial charge on any atom is -0.358 e. The van der Waals surface area contributed by atoms with Crippen LogP contribution in [0.3, 0.4) is 0 Å². The van der Waals surface area contributed by atoms with Gasteiger partial charge >= 0.3 is 0 Å². The fourth-order valence-corrected chi connectivity index (χ4v) is 2.89. The number of benzene rings is 1. The molecule has 1 aliphatic heterocycles. The van der Waals surface area contributed by atoms with Crippen molar-refractivity contribution in [3.63, 3.8) is 0 Å². The molecule has 2 N–H and O–H groups in total. The Labute approximate surface area is 102 Å². The molecule has 0 amide bonds. The molecule has 17 heavy (non-hydrogen) atoms. The Morgan fingerprint density at radius 2 is 1.88 bits per heavy atom. The summed E-state index contributed by atoms with van der Waals surface area (Å²) < 4.78 is 0. The predicted molar refractivity (Wildman–Crippen MR) is 72.6 cm³/mol. The number of hydrogen-bond acceptors (Lipinski definition) is 1. The molecule has 0 bridgehead atoms. The first-order valence-electron chi connectivity index (χ1n) is 6.55. The van der Waals surface area contributed by atoms with E-state index < -0.39 is 0 Å². The van der Waals surface area contributed by atoms with E-state index >= 15 is 0 Å². The Morgan fingerprint density at radius 1 is 1.12 bits per heavy atom. The molecule has 1 aromatic heterocycles. The molecule has 0 unspecified atom stereocenters. The summed E-state index contributed by atoms with van der Waals surface area (Å²) >= 11 is 0. The summed E-state index contributed by atoms with van der Waals surface area (Å²) in [4.78, 5) is 3.44. The van der Waals surface area contributed by atoms with E-state index in [-0.39, 0.29) is 0 Å². The van der Waals surface area contributed by atoms with E-state index in [0.717, 1.165) is 19.0 Å². The number of nitrogens with one attached hydrogen (secondary N) is 2. The highest BCUT2D eigenvalue weighted by Crippen LogP contribution is 2.29. The molecule has 0 spiro atoms. The number of aromatic amines is 1. The SMILES string of the molecule is Cc1[nH]c2ccc(C3CCNCC3)cc2c1C. The van der Waals surface area contributed by atoms with E-state index in [2.05, 4.69) is 42.3 Å². The van der Waals surface area contributed by atoms with Crippen molar-refractivity contribution in [3.05, 3.63) is 35.0 Å². The first-order valence-corrected chi connectivity index (χ1v) is 6.55. The van der Waals surface area contributed by atoms with Gasteiger partial charge in [0.05, 0.1) is 0 Å². The summed E-state index contributed by atoms with van der Waals surface area (Å²) in [5, 5.41) is 4.83. The van der Waals surface area contributed by atoms with Crippen molar-refractivity contribution < 1.29 is 0 Å². The molecule has 2 aromatic rings. The highest BCUT2D eigenvalue weighted by Gasteiger charge is 2.16. The van der Waals surface area contributed by atoms with Gasteiger partial charge in [0.1, 0.15) is 0 Å². The van der Waals surface area contributed by atoms with Gasteiger partial charge < -0.3 is 10.3 Å². The van der Waals surface area contributed by atoms with Gasteiger partial charge in [-0.15, -0.1) is 0 Å². The fraction of sp³-hybridized carbons (Fsp3) is 0.467. The first-order chi connectivity index (χ1) is 8.25. The molecular weight excluding hydrogens is 208 g/mol. The van der Waals surface area contributed by atoms with E-state index in [9.17, 15) is 0 Å². The van der Waals surface area contributed by atoms with Gasteiger partial charge in [0.25, 0.3) is 0 Å². The third-order valence-corrected chi connectivity index (χ3v) is 4.14. The first kappa shape index (κ1) is 10.8. The molecule has 2 nitrogen and oxygen atoms in total. The number of fused-ring (bicyclic) bond motifs is 1. The van der Waals surface area contributed by atoms with E-state index in [4.69, 9.17) is 0 Å². The molecule has 1 aromatic carbocycles. The van der Waals surface area contributed by atoms with E-state index in [1.165, 1.54) is 40.6 Å². The summed E-state index contributed by atoms with van der Waals surface area (Å²) in [6.07, 6.45) is 2.54. The average molecular weight is 228 g/mol. The van der Waals surface area contributed by atoms with Gasteiger partial charge in [-0.2, -0.15) is 0 Å². The molecule has 0 saturated carbocycles. The largest absolute Gasteiger partial charge is 0.358 e. The quantitative estimate of drug-likeness (QED) is 0.770. The van der Waals surface area contributed by atoms with Crippen LogP contribution in [0.4, 0.5) is 0 Å². The molecule has 1 aliphatic rings. The summed E-state index contributed by atoms with van der Waals surface area (Å²) in [5.74, 6) is 0.746. The van der Waals surface area contributed by atoms with Crippen molar-refractivity contribution in [2.24, 2.45) is 0 Å². The van der Waals surface area contributed by atoms with Gasteiger partial charge in [-0.1, -0.05) is 6.07 Å². The second-order valence-electron chi connectivity index (χ2n) is 5.20. The van der Waals surface area contributed by atoms with Crippen LogP contribution in [0.1, 0.15) is 35.6 Å². The van der Waals surface area contributed by atoms with Gasteiger partial charge in [-0.25, -0.2) is 0 Å². The van der Waals surface area contributed by atoms with Crippen LogP contribution in [0.5, 0.6) is 0 Å². The monoisotopic (exact) mass is 228 g/mol. The molecular formula is C15H20N2. The minimum atomic E-state index is 0.746. The lowest BCUT2D eigenvalue weighted by Gasteiger charge is -2.23. The second kappa shape index (κ2) is 4.19. The maximum absolute atomic E-state index is 3.44. The van der Waals surface area contributed by atoms with Crippen molar-refractivity contribution in [3.8, 4) is 0 Å². The smallest absolute Gasteiger partial charge is 0.0458 e. The van der Waals surface area contributed by atoms with Gasteiger partial charge in [-0.05, 0) is 69.0 Å². The lowest BCUT2D eigenvalue weighted by atomic mass is 9.89. The molecule has 0 aliphatic carbocycles. The number of aryl methyl sites for hydroxylation is 2. The van der Waals surface area contributed by atoms with Crippen molar-refractivity contribution in [1.82, 2.24) is 10.3 Å². The Hall–Kier alpha value is -1.28. The van der Waals surface area contributed by atoms with Crippen LogP contribution in [0.25, 0.3) is 10.9 Å². The molecule has 3 rings (SSSR count). The van der Waals surface area contributed by atoms with Crippen LogP contribution in [0.15, 0.2) is 18.2 Å². The van der Waals surface area contributed by atoms with Crippen molar-refractivity contribution in [1.29, 1.82) is 0 Å². The van der Waals surface area contributed by atoms with E-state index in [1.54, 1.807) is 0 Å². The number of rotatable bonds is 1. The number of hydrogen-bond donors (Lipinski definition) is 2. The van der Waals surface area contributed by atoms with Gasteiger partial charge in [0.15, 0.2) is 0 Å². The van der Waals surface area contributed by atoms with Crippen LogP contribution < -0.4 is 5.32 Å². The summed E-state index contributed by atoms with van der Waals surface area (Å²) in [6.45, 7) is 6.68. The van der Waals surface area contributed by atoms with Gasteiger partial charge in [0, 0.05) is 16.6 Å². The van der Waals surface area contributed by atoms with Crippen LogP contribution in [0.2, 0.25) is 0 Å². The Morgan fingerprint density at radius 3 is 2.65 bits per heavy atom. The van der Waals surface area contributed by atoms with Crippen LogP contribution in [-0.2, 0) is 0 Å². The van der Waals surface area contributed by atoms with Gasteiger partial charge in [-0.3, -0.25) is 0 Å². The predicted octanol–water partition coefficient (Wildman–Crippen LogP) is 3.25. The lowest BCUT2D eigenvalue weighted by molar-refractivity contribution is 0.460. The number of aromatic nitrogens is 1. The number of H-pyrrole nitrogens is 1. The van der Waals surface area contributed by atoms with Gasteiger partial charge in [0.2, 0.25) is 0 Å². The normalized spacial score (nSPS) is 17.8. The second-order valence-corrected chi connectivity index (χ2v) is 5.20. The number of piperidine rings is 1. The minimum absolute atomic E-state index is 0.746. The maximum Gasteiger partial charge on any atom is 0.0458 e. The average Bonchev–Trinajstić information content (AvgIpc) is 2.66. The Balaban J connectivity index is 2.02. The summed E-state index contributed by atoms with van der Waals surface area (Å²) in [7, 11) is 0. The molecule has 0 atom stereocenters. The highest BCUT2D eigenvalue weighted by atomic mass is 14.9. The van der Waals surface area contributed by atoms with E-state index in [0.29, 0.717) is 0 Å². The zero-order valence-corrected chi connectivity index (χ0v) is 10.6. The lowest BCUT2D eigenvalue weighted by Crippen LogP contribution is -2.26. The highest BCUT2D eigenvalue weighted by molar-refractivity contribution is 5.85. The van der Waals surface area contributed by atoms with Crippen LogP contribution in [-0.4, -0.2) is 18.1 Å². The zero-order chi connectivity index (χ0) is 11.8. The Bertz CT molecular complexity index is 533. The standard InChI is InChI=1S/C15H20N2/c1-10-11(2)17-15-4-3-13(9-14(10)15)12-5-7-16-8-6-12/h3-4,9,12,16-17H,5-8H2,1-2H3. The van der Waals surface area contributed by atoms with E-state index in [1.807, 2.05) is 0 Å². The third kappa shape index (κ3) is 1.87. The molecule has 1 fully saturated rings. The zero-order valence-electron chi connectivity index (χ0n) is 10.6. The molecule has 2 heterocycles. The van der Waals surface area contributed by atoms with Crippen molar-refractivity contribution >= 4 is 10.9 Å². The van der Waals surface area contributed by atoms with Crippen LogP contribution in [0, 0.1) is 13.8 Å². The topological polar surface area (TPSA) is 27.8 Å². The molecule has 90 valence electrons. The molecule has 0 radical (unpaired) electrons. The summed E-state index contributed by atoms with van der Waals surface area (Å²) in [5.41, 5.74) is 5.48. The molecule has 1 saturated heterocycles. The maximum atomic E-state index is 3.44. The Kier molecular flexibility index (Phi) is 2.67. The van der Waals surface area contributed by atoms with Crippen molar-refractivity contribution in [2.45, 2.75) is 32.6 Å². The fourth-order valence-electron chi connectivity index (χ4n) is 2.89. The van der Waals surface area contributed by atoms with Crippen molar-refractivity contribution in [2.75, 3.05) is 13.1 Å².